The molecule has 0 aromatic carbocycles. The number of hydrogen-bond donors (Lipinski definition) is 2. The van der Waals surface area contributed by atoms with Crippen LogP contribution in [-0.4, -0.2) is 112 Å². The van der Waals surface area contributed by atoms with E-state index in [1.807, 2.05) is 0 Å². The monoisotopic (exact) mass is 1080 g/mol. The summed E-state index contributed by atoms with van der Waals surface area (Å²) in [5.41, 5.74) is 0. The van der Waals surface area contributed by atoms with Crippen LogP contribution in [0.1, 0.15) is 233 Å². The molecule has 1 rings (SSSR count). The van der Waals surface area contributed by atoms with E-state index in [0.717, 1.165) is 55.6 Å². The van der Waals surface area contributed by atoms with Gasteiger partial charge in [-0.05, 0) is 12.8 Å². The molecule has 2 unspecified atom stereocenters. The minimum Gasteiger partial charge on any atom is -0.756 e. The average molecular weight is 1080 g/mol. The van der Waals surface area contributed by atoms with Crippen molar-refractivity contribution < 1.29 is 95.8 Å². The summed E-state index contributed by atoms with van der Waals surface area (Å²) in [6.45, 7) is 3.19. The van der Waals surface area contributed by atoms with Crippen molar-refractivity contribution in [3.8, 4) is 0 Å². The molecule has 1 aliphatic heterocycles. The van der Waals surface area contributed by atoms with E-state index in [9.17, 15) is 38.2 Å². The SMILES string of the molecule is C.CCCCCCCCCCCCCCCCCC(=O)OCC(COP(=O)([O-])OCCNC(=O)COCCOCCNC(=O)CCN1C(=O)C=CC1=O)OC(=O)CCCCCCCCCCCCCCCCC.[Na+]. The Morgan fingerprint density at radius 2 is 0.932 bits per heavy atom. The first kappa shape index (κ1) is 73.9. The molecule has 0 aromatic rings. The number of phosphoric acid groups is 1. The van der Waals surface area contributed by atoms with E-state index in [0.29, 0.717) is 12.8 Å². The van der Waals surface area contributed by atoms with Crippen molar-refractivity contribution in [1.29, 1.82) is 0 Å². The number of rotatable bonds is 53. The molecule has 1 heterocycles. The molecule has 0 bridgehead atoms. The fourth-order valence-electron chi connectivity index (χ4n) is 8.11. The molecule has 0 spiro atoms. The van der Waals surface area contributed by atoms with Gasteiger partial charge in [0, 0.05) is 51.0 Å². The van der Waals surface area contributed by atoms with Gasteiger partial charge in [-0.25, -0.2) is 0 Å². The summed E-state index contributed by atoms with van der Waals surface area (Å²) in [5, 5.41) is 5.09. The van der Waals surface area contributed by atoms with Crippen molar-refractivity contribution in [3.63, 3.8) is 0 Å². The van der Waals surface area contributed by atoms with Crippen LogP contribution in [0, 0.1) is 0 Å². The number of unbranched alkanes of at least 4 members (excludes halogenated alkanes) is 28. The van der Waals surface area contributed by atoms with Gasteiger partial charge in [0.2, 0.25) is 11.8 Å². The number of esters is 2. The van der Waals surface area contributed by atoms with Gasteiger partial charge in [-0.3, -0.25) is 38.2 Å². The number of imide groups is 1. The third-order valence-corrected chi connectivity index (χ3v) is 13.4. The molecule has 74 heavy (non-hydrogen) atoms. The summed E-state index contributed by atoms with van der Waals surface area (Å²) in [6, 6.07) is 0. The summed E-state index contributed by atoms with van der Waals surface area (Å²) in [5.74, 6) is -2.74. The fraction of sp³-hybridized carbons (Fsp3) is 0.855. The number of carbonyl (C=O) groups excluding carboxylic acids is 6. The van der Waals surface area contributed by atoms with Crippen LogP contribution in [0.2, 0.25) is 0 Å². The maximum atomic E-state index is 12.8. The first-order valence-electron chi connectivity index (χ1n) is 28.1. The second-order valence-corrected chi connectivity index (χ2v) is 20.5. The number of nitrogens with zero attached hydrogens (tertiary/aromatic N) is 1. The van der Waals surface area contributed by atoms with Gasteiger partial charge in [-0.15, -0.1) is 0 Å². The third kappa shape index (κ3) is 47.0. The Labute approximate surface area is 469 Å². The quantitative estimate of drug-likeness (QED) is 0.0196. The first-order chi connectivity index (χ1) is 35.0. The molecule has 0 saturated heterocycles. The van der Waals surface area contributed by atoms with Crippen molar-refractivity contribution in [2.75, 3.05) is 65.9 Å². The molecule has 0 fully saturated rings. The van der Waals surface area contributed by atoms with Crippen LogP contribution >= 0.6 is 7.82 Å². The summed E-state index contributed by atoms with van der Waals surface area (Å²) in [4.78, 5) is 86.2. The summed E-state index contributed by atoms with van der Waals surface area (Å²) in [6.07, 6.45) is 37.7. The molecule has 0 aromatic heterocycles. The van der Waals surface area contributed by atoms with Gasteiger partial charge in [-0.2, -0.15) is 0 Å². The molecule has 2 N–H and O–H groups in total. The number of amides is 4. The molecule has 0 radical (unpaired) electrons. The van der Waals surface area contributed by atoms with E-state index in [-0.39, 0.29) is 115 Å². The molecule has 19 heteroatoms. The van der Waals surface area contributed by atoms with Gasteiger partial charge in [-0.1, -0.05) is 201 Å². The molecular formula is C55H101N3NaO14P. The normalized spacial score (nSPS) is 13.3. The van der Waals surface area contributed by atoms with Gasteiger partial charge >= 0.3 is 41.5 Å². The van der Waals surface area contributed by atoms with Crippen LogP contribution in [0.5, 0.6) is 0 Å². The van der Waals surface area contributed by atoms with E-state index in [1.54, 1.807) is 0 Å². The van der Waals surface area contributed by atoms with E-state index in [2.05, 4.69) is 24.5 Å². The van der Waals surface area contributed by atoms with Crippen LogP contribution in [0.4, 0.5) is 0 Å². The molecule has 0 saturated carbocycles. The fourth-order valence-corrected chi connectivity index (χ4v) is 8.85. The molecule has 2 atom stereocenters. The van der Waals surface area contributed by atoms with Crippen LogP contribution in [0.3, 0.4) is 0 Å². The topological polar surface area (TPSA) is 225 Å². The van der Waals surface area contributed by atoms with Gasteiger partial charge in [0.05, 0.1) is 33.0 Å². The number of nitrogens with one attached hydrogen (secondary N) is 2. The maximum Gasteiger partial charge on any atom is 1.00 e. The zero-order valence-corrected chi connectivity index (χ0v) is 48.6. The number of hydrogen-bond acceptors (Lipinski definition) is 14. The Kier molecular flexibility index (Phi) is 52.7. The maximum absolute atomic E-state index is 12.8. The summed E-state index contributed by atoms with van der Waals surface area (Å²) in [7, 11) is -4.90. The van der Waals surface area contributed by atoms with E-state index < -0.39 is 56.8 Å². The minimum atomic E-state index is -4.90. The van der Waals surface area contributed by atoms with Crippen molar-refractivity contribution >= 4 is 43.4 Å². The average Bonchev–Trinajstić information content (AvgIpc) is 3.68. The molecule has 426 valence electrons. The molecule has 17 nitrogen and oxygen atoms in total. The Bertz CT molecular complexity index is 1490. The Morgan fingerprint density at radius 1 is 0.527 bits per heavy atom. The van der Waals surface area contributed by atoms with Gasteiger partial charge in [0.1, 0.15) is 13.2 Å². The second-order valence-electron chi connectivity index (χ2n) is 19.0. The zero-order chi connectivity index (χ0) is 52.6. The number of carbonyl (C=O) groups is 6. The van der Waals surface area contributed by atoms with Gasteiger partial charge in [0.25, 0.3) is 19.6 Å². The summed E-state index contributed by atoms with van der Waals surface area (Å²) < 4.78 is 44.1. The predicted octanol–water partition coefficient (Wildman–Crippen LogP) is 7.69. The minimum absolute atomic E-state index is 0. The Hall–Kier alpha value is -2.21. The van der Waals surface area contributed by atoms with Crippen LogP contribution in [0.25, 0.3) is 0 Å². The predicted molar refractivity (Wildman–Crippen MR) is 284 cm³/mol. The van der Waals surface area contributed by atoms with E-state index in [1.165, 1.54) is 141 Å². The molecule has 4 amide bonds. The smallest absolute Gasteiger partial charge is 0.756 e. The van der Waals surface area contributed by atoms with Crippen molar-refractivity contribution in [2.24, 2.45) is 0 Å². The van der Waals surface area contributed by atoms with Crippen molar-refractivity contribution in [3.05, 3.63) is 12.2 Å². The Morgan fingerprint density at radius 3 is 1.41 bits per heavy atom. The first-order valence-corrected chi connectivity index (χ1v) is 29.6. The van der Waals surface area contributed by atoms with E-state index in [4.69, 9.17) is 28.0 Å². The van der Waals surface area contributed by atoms with Gasteiger partial charge < -0.3 is 43.5 Å². The van der Waals surface area contributed by atoms with Crippen molar-refractivity contribution in [1.82, 2.24) is 15.5 Å². The van der Waals surface area contributed by atoms with Crippen LogP contribution in [-0.2, 0) is 61.3 Å². The Balaban J connectivity index is 0. The molecular weight excluding hydrogens is 981 g/mol. The number of phosphoric ester groups is 1. The zero-order valence-electron chi connectivity index (χ0n) is 45.7. The van der Waals surface area contributed by atoms with Crippen LogP contribution in [0.15, 0.2) is 12.2 Å². The summed E-state index contributed by atoms with van der Waals surface area (Å²) >= 11 is 0. The van der Waals surface area contributed by atoms with Gasteiger partial charge in [0.15, 0.2) is 6.10 Å². The van der Waals surface area contributed by atoms with E-state index >= 15 is 0 Å². The van der Waals surface area contributed by atoms with Crippen LogP contribution < -0.4 is 45.1 Å². The second kappa shape index (κ2) is 52.8. The third-order valence-electron chi connectivity index (χ3n) is 12.4. The standard InChI is InChI=1S/C54H98N3O14P.CH4.Na/c1-3-5-7-9-11-13-15-17-19-21-23-25-27-29-31-33-53(62)68-45-48(71-54(63)34-32-30-28-26-24-22-20-18-16-14-12-10-8-6-4-2)46-70-72(64,65)69-42-39-56-50(59)47-67-44-43-66-41-38-55-49(58)37-40-57-51(60)35-36-52(57)61;;/h35-36,48H,3-34,37-47H2,1-2H3,(H,55,58)(H,56,59)(H,64,65);1H4;/q;;+1/p-1. The largest absolute Gasteiger partial charge is 1.00 e. The molecule has 1 aliphatic rings. The molecule has 0 aliphatic carbocycles. The van der Waals surface area contributed by atoms with Crippen molar-refractivity contribution in [2.45, 2.75) is 239 Å². The number of ether oxygens (including phenoxy) is 4.